The molecule has 0 unspecified atom stereocenters. The van der Waals surface area contributed by atoms with Crippen molar-refractivity contribution < 1.29 is 13.9 Å². The van der Waals surface area contributed by atoms with Crippen LogP contribution in [-0.2, 0) is 0 Å². The van der Waals surface area contributed by atoms with Gasteiger partial charge in [0.2, 0.25) is 0 Å². The van der Waals surface area contributed by atoms with Crippen molar-refractivity contribution in [2.45, 2.75) is 45.4 Å². The fourth-order valence-corrected chi connectivity index (χ4v) is 3.29. The molecule has 0 heterocycles. The largest absolute Gasteiger partial charge is 0.423 e. The third-order valence-electron chi connectivity index (χ3n) is 4.99. The van der Waals surface area contributed by atoms with Crippen LogP contribution in [0.4, 0.5) is 4.39 Å². The second kappa shape index (κ2) is 7.16. The second-order valence-electron chi connectivity index (χ2n) is 6.88. The number of carbonyl (C=O) groups is 1. The van der Waals surface area contributed by atoms with E-state index in [4.69, 9.17) is 4.74 Å². The van der Waals surface area contributed by atoms with Crippen LogP contribution >= 0.6 is 0 Å². The van der Waals surface area contributed by atoms with Crippen molar-refractivity contribution in [2.24, 2.45) is 5.92 Å². The Balaban J connectivity index is 1.66. The minimum absolute atomic E-state index is 0.230. The Hall–Kier alpha value is -2.16. The molecule has 0 saturated heterocycles. The SMILES string of the molecule is Cc1ccc(OC(=O)c2ccc(C3CCC(C)CC3)cc2)cc1F. The fraction of sp³-hybridized carbons (Fsp3) is 0.381. The summed E-state index contributed by atoms with van der Waals surface area (Å²) in [5, 5.41) is 0. The van der Waals surface area contributed by atoms with E-state index in [1.165, 1.54) is 37.3 Å². The van der Waals surface area contributed by atoms with E-state index in [0.29, 0.717) is 17.0 Å². The van der Waals surface area contributed by atoms with Crippen molar-refractivity contribution in [1.29, 1.82) is 0 Å². The van der Waals surface area contributed by atoms with Crippen LogP contribution in [0.5, 0.6) is 5.75 Å². The Kier molecular flexibility index (Phi) is 4.98. The van der Waals surface area contributed by atoms with Crippen molar-refractivity contribution in [3.05, 3.63) is 65.0 Å². The zero-order valence-electron chi connectivity index (χ0n) is 14.2. The third-order valence-corrected chi connectivity index (χ3v) is 4.99. The molecule has 0 radical (unpaired) electrons. The molecule has 0 spiro atoms. The lowest BCUT2D eigenvalue weighted by atomic mass is 9.79. The minimum atomic E-state index is -0.456. The van der Waals surface area contributed by atoms with Gasteiger partial charge in [0.25, 0.3) is 0 Å². The molecule has 2 aromatic rings. The Morgan fingerprint density at radius 2 is 1.71 bits per heavy atom. The average molecular weight is 326 g/mol. The van der Waals surface area contributed by atoms with Crippen LogP contribution in [0.15, 0.2) is 42.5 Å². The van der Waals surface area contributed by atoms with E-state index in [-0.39, 0.29) is 11.6 Å². The van der Waals surface area contributed by atoms with E-state index < -0.39 is 5.97 Å². The molecule has 0 aromatic heterocycles. The van der Waals surface area contributed by atoms with Crippen LogP contribution in [0, 0.1) is 18.7 Å². The first-order valence-corrected chi connectivity index (χ1v) is 8.61. The molecule has 3 rings (SSSR count). The monoisotopic (exact) mass is 326 g/mol. The van der Waals surface area contributed by atoms with Crippen molar-refractivity contribution in [3.8, 4) is 5.75 Å². The maximum absolute atomic E-state index is 13.5. The van der Waals surface area contributed by atoms with E-state index in [1.54, 1.807) is 31.2 Å². The first-order valence-electron chi connectivity index (χ1n) is 8.61. The van der Waals surface area contributed by atoms with Gasteiger partial charge in [0, 0.05) is 6.07 Å². The third kappa shape index (κ3) is 3.84. The highest BCUT2D eigenvalue weighted by Crippen LogP contribution is 2.35. The summed E-state index contributed by atoms with van der Waals surface area (Å²) >= 11 is 0. The number of benzene rings is 2. The van der Waals surface area contributed by atoms with Crippen molar-refractivity contribution in [1.82, 2.24) is 0 Å². The molecule has 0 amide bonds. The standard InChI is InChI=1S/C21H23FO2/c1-14-3-6-16(7-4-14)17-8-10-18(11-9-17)21(23)24-19-12-5-15(2)20(22)13-19/h5,8-14,16H,3-4,6-7H2,1-2H3. The van der Waals surface area contributed by atoms with Crippen LogP contribution in [-0.4, -0.2) is 5.97 Å². The summed E-state index contributed by atoms with van der Waals surface area (Å²) in [6, 6.07) is 12.1. The van der Waals surface area contributed by atoms with Gasteiger partial charge >= 0.3 is 5.97 Å². The topological polar surface area (TPSA) is 26.3 Å². The molecule has 24 heavy (non-hydrogen) atoms. The number of hydrogen-bond acceptors (Lipinski definition) is 2. The molecule has 1 aliphatic carbocycles. The normalized spacial score (nSPS) is 20.6. The maximum Gasteiger partial charge on any atom is 0.343 e. The maximum atomic E-state index is 13.5. The number of ether oxygens (including phenoxy) is 1. The van der Waals surface area contributed by atoms with Crippen LogP contribution in [0.1, 0.15) is 60.0 Å². The quantitative estimate of drug-likeness (QED) is 0.538. The highest BCUT2D eigenvalue weighted by molar-refractivity contribution is 5.91. The first kappa shape index (κ1) is 16.7. The number of rotatable bonds is 3. The van der Waals surface area contributed by atoms with Crippen LogP contribution in [0.2, 0.25) is 0 Å². The molecule has 0 atom stereocenters. The number of hydrogen-bond donors (Lipinski definition) is 0. The van der Waals surface area contributed by atoms with E-state index in [1.807, 2.05) is 12.1 Å². The van der Waals surface area contributed by atoms with Crippen LogP contribution < -0.4 is 4.74 Å². The van der Waals surface area contributed by atoms with Crippen LogP contribution in [0.25, 0.3) is 0 Å². The molecule has 2 aromatic carbocycles. The number of esters is 1. The Labute approximate surface area is 142 Å². The van der Waals surface area contributed by atoms with E-state index in [2.05, 4.69) is 6.92 Å². The predicted molar refractivity (Wildman–Crippen MR) is 92.9 cm³/mol. The van der Waals surface area contributed by atoms with Crippen molar-refractivity contribution >= 4 is 5.97 Å². The molecular formula is C21H23FO2. The van der Waals surface area contributed by atoms with Gasteiger partial charge in [-0.3, -0.25) is 0 Å². The molecule has 2 nitrogen and oxygen atoms in total. The fourth-order valence-electron chi connectivity index (χ4n) is 3.29. The number of carbonyl (C=O) groups excluding carboxylic acids is 1. The van der Waals surface area contributed by atoms with Gasteiger partial charge in [-0.1, -0.05) is 38.0 Å². The summed E-state index contributed by atoms with van der Waals surface area (Å²) in [6.45, 7) is 3.98. The summed E-state index contributed by atoms with van der Waals surface area (Å²) in [6.07, 6.45) is 4.97. The molecule has 1 aliphatic rings. The zero-order valence-corrected chi connectivity index (χ0v) is 14.2. The molecule has 0 bridgehead atoms. The molecular weight excluding hydrogens is 303 g/mol. The molecule has 3 heteroatoms. The van der Waals surface area contributed by atoms with Crippen LogP contribution in [0.3, 0.4) is 0 Å². The van der Waals surface area contributed by atoms with Gasteiger partial charge in [-0.05, 0) is 60.9 Å². The predicted octanol–water partition coefficient (Wildman–Crippen LogP) is 5.65. The lowest BCUT2D eigenvalue weighted by Crippen LogP contribution is -2.12. The summed E-state index contributed by atoms with van der Waals surface area (Å²) in [5.41, 5.74) is 2.31. The lowest BCUT2D eigenvalue weighted by Gasteiger charge is -2.26. The smallest absolute Gasteiger partial charge is 0.343 e. The highest BCUT2D eigenvalue weighted by Gasteiger charge is 2.20. The summed E-state index contributed by atoms with van der Waals surface area (Å²) in [7, 11) is 0. The number of aryl methyl sites for hydroxylation is 1. The van der Waals surface area contributed by atoms with Crippen molar-refractivity contribution in [3.63, 3.8) is 0 Å². The van der Waals surface area contributed by atoms with Gasteiger partial charge in [-0.2, -0.15) is 0 Å². The van der Waals surface area contributed by atoms with Gasteiger partial charge < -0.3 is 4.74 Å². The van der Waals surface area contributed by atoms with E-state index >= 15 is 0 Å². The molecule has 126 valence electrons. The van der Waals surface area contributed by atoms with Gasteiger partial charge in [-0.25, -0.2) is 9.18 Å². The van der Waals surface area contributed by atoms with E-state index in [0.717, 1.165) is 5.92 Å². The highest BCUT2D eigenvalue weighted by atomic mass is 19.1. The molecule has 1 fully saturated rings. The number of halogens is 1. The molecule has 0 aliphatic heterocycles. The van der Waals surface area contributed by atoms with E-state index in [9.17, 15) is 9.18 Å². The Morgan fingerprint density at radius 1 is 1.04 bits per heavy atom. The summed E-state index contributed by atoms with van der Waals surface area (Å²) < 4.78 is 18.8. The molecule has 1 saturated carbocycles. The minimum Gasteiger partial charge on any atom is -0.423 e. The summed E-state index contributed by atoms with van der Waals surface area (Å²) in [4.78, 5) is 12.2. The first-order chi connectivity index (χ1) is 11.5. The Bertz CT molecular complexity index is 713. The van der Waals surface area contributed by atoms with Gasteiger partial charge in [0.15, 0.2) is 0 Å². The summed E-state index contributed by atoms with van der Waals surface area (Å²) in [5.74, 6) is 0.820. The lowest BCUT2D eigenvalue weighted by molar-refractivity contribution is 0.0734. The zero-order chi connectivity index (χ0) is 17.1. The Morgan fingerprint density at radius 3 is 2.33 bits per heavy atom. The average Bonchev–Trinajstić information content (AvgIpc) is 2.59. The van der Waals surface area contributed by atoms with Gasteiger partial charge in [-0.15, -0.1) is 0 Å². The van der Waals surface area contributed by atoms with Gasteiger partial charge in [0.1, 0.15) is 11.6 Å². The second-order valence-corrected chi connectivity index (χ2v) is 6.88. The van der Waals surface area contributed by atoms with Gasteiger partial charge in [0.05, 0.1) is 5.56 Å². The molecule has 0 N–H and O–H groups in total. The van der Waals surface area contributed by atoms with Crippen molar-refractivity contribution in [2.75, 3.05) is 0 Å².